The minimum Gasteiger partial charge on any atom is -0.336 e. The molecular formula is C24H25BrNO3P. The molecule has 0 N–H and O–H groups in total. The summed E-state index contributed by atoms with van der Waals surface area (Å²) < 4.78 is 27.0. The molecule has 156 valence electrons. The molecule has 4 aromatic rings. The normalized spacial score (nSPS) is 12.1. The van der Waals surface area contributed by atoms with E-state index in [1.54, 1.807) is 0 Å². The Kier molecular flexibility index (Phi) is 6.45. The summed E-state index contributed by atoms with van der Waals surface area (Å²) in [6, 6.07) is 23.1. The molecule has 4 rings (SSSR count). The summed E-state index contributed by atoms with van der Waals surface area (Å²) in [5, 5.41) is 2.51. The molecule has 0 bridgehead atoms. The van der Waals surface area contributed by atoms with Crippen LogP contribution in [-0.4, -0.2) is 17.8 Å². The molecule has 0 unspecified atom stereocenters. The van der Waals surface area contributed by atoms with E-state index in [4.69, 9.17) is 9.05 Å². The van der Waals surface area contributed by atoms with Crippen LogP contribution in [0.25, 0.3) is 21.8 Å². The third-order valence-corrected chi connectivity index (χ3v) is 7.68. The van der Waals surface area contributed by atoms with Gasteiger partial charge < -0.3 is 13.6 Å². The third kappa shape index (κ3) is 4.40. The summed E-state index contributed by atoms with van der Waals surface area (Å²) in [6.45, 7) is 5.17. The molecule has 1 aromatic heterocycles. The van der Waals surface area contributed by atoms with Crippen LogP contribution in [0.1, 0.15) is 25.0 Å². The van der Waals surface area contributed by atoms with Gasteiger partial charge in [0.25, 0.3) is 0 Å². The molecule has 4 nitrogen and oxygen atoms in total. The summed E-state index contributed by atoms with van der Waals surface area (Å²) in [5.41, 5.74) is 4.55. The fourth-order valence-corrected chi connectivity index (χ4v) is 5.92. The highest BCUT2D eigenvalue weighted by molar-refractivity contribution is 9.10. The minimum atomic E-state index is -3.09. The van der Waals surface area contributed by atoms with Gasteiger partial charge in [-0.05, 0) is 43.2 Å². The van der Waals surface area contributed by atoms with E-state index < -0.39 is 7.60 Å². The van der Waals surface area contributed by atoms with Gasteiger partial charge in [-0.1, -0.05) is 64.5 Å². The topological polar surface area (TPSA) is 40.5 Å². The van der Waals surface area contributed by atoms with E-state index in [1.807, 2.05) is 26.0 Å². The summed E-state index contributed by atoms with van der Waals surface area (Å²) >= 11 is 3.61. The van der Waals surface area contributed by atoms with E-state index >= 15 is 0 Å². The van der Waals surface area contributed by atoms with Crippen molar-refractivity contribution in [1.82, 2.24) is 4.57 Å². The average molecular weight is 486 g/mol. The number of aromatic nitrogens is 1. The van der Waals surface area contributed by atoms with E-state index in [2.05, 4.69) is 75.1 Å². The van der Waals surface area contributed by atoms with Crippen LogP contribution in [-0.2, 0) is 26.3 Å². The molecule has 0 saturated heterocycles. The Hall–Kier alpha value is -1.91. The van der Waals surface area contributed by atoms with E-state index in [0.29, 0.717) is 13.2 Å². The maximum atomic E-state index is 12.8. The smallest absolute Gasteiger partial charge is 0.335 e. The predicted octanol–water partition coefficient (Wildman–Crippen LogP) is 7.37. The van der Waals surface area contributed by atoms with Crippen LogP contribution in [0.15, 0.2) is 71.2 Å². The maximum absolute atomic E-state index is 12.8. The van der Waals surface area contributed by atoms with Gasteiger partial charge in [-0.15, -0.1) is 0 Å². The molecule has 0 aliphatic carbocycles. The molecule has 0 aliphatic rings. The highest BCUT2D eigenvalue weighted by Crippen LogP contribution is 2.51. The summed E-state index contributed by atoms with van der Waals surface area (Å²) in [6.07, 6.45) is 0.289. The molecule has 0 spiro atoms. The highest BCUT2D eigenvalue weighted by Gasteiger charge is 2.24. The standard InChI is InChI=1S/C24H25BrNO3P/c1-3-28-30(27,29-4-2)17-19-11-9-18(10-12-19)16-26-23-8-6-5-7-21(23)22-14-13-20(25)15-24(22)26/h5-15H,3-4,16-17H2,1-2H3. The zero-order valence-electron chi connectivity index (χ0n) is 17.2. The fraction of sp³-hybridized carbons (Fsp3) is 0.250. The second-order valence-electron chi connectivity index (χ2n) is 7.19. The average Bonchev–Trinajstić information content (AvgIpc) is 3.03. The first kappa shape index (κ1) is 21.3. The zero-order chi connectivity index (χ0) is 21.1. The van der Waals surface area contributed by atoms with Crippen molar-refractivity contribution in [2.45, 2.75) is 26.6 Å². The Balaban J connectivity index is 1.64. The van der Waals surface area contributed by atoms with Gasteiger partial charge in [0.1, 0.15) is 0 Å². The van der Waals surface area contributed by atoms with Gasteiger partial charge in [-0.3, -0.25) is 4.57 Å². The summed E-state index contributed by atoms with van der Waals surface area (Å²) in [7, 11) is -3.09. The number of benzene rings is 3. The van der Waals surface area contributed by atoms with E-state index in [1.165, 1.54) is 27.4 Å². The van der Waals surface area contributed by atoms with Crippen LogP contribution in [0.5, 0.6) is 0 Å². The van der Waals surface area contributed by atoms with Crippen LogP contribution in [0.4, 0.5) is 0 Å². The van der Waals surface area contributed by atoms with Crippen LogP contribution < -0.4 is 0 Å². The van der Waals surface area contributed by atoms with Crippen molar-refractivity contribution in [3.8, 4) is 0 Å². The van der Waals surface area contributed by atoms with Gasteiger partial charge in [0.05, 0.1) is 24.9 Å². The van der Waals surface area contributed by atoms with Crippen LogP contribution in [0.3, 0.4) is 0 Å². The molecule has 0 saturated carbocycles. The number of hydrogen-bond acceptors (Lipinski definition) is 3. The lowest BCUT2D eigenvalue weighted by atomic mass is 10.1. The Morgan fingerprint density at radius 2 is 1.47 bits per heavy atom. The quantitative estimate of drug-likeness (QED) is 0.244. The van der Waals surface area contributed by atoms with Gasteiger partial charge >= 0.3 is 7.60 Å². The number of rotatable bonds is 8. The zero-order valence-corrected chi connectivity index (χ0v) is 19.7. The monoisotopic (exact) mass is 485 g/mol. The number of fused-ring (bicyclic) bond motifs is 3. The molecule has 0 aliphatic heterocycles. The number of halogens is 1. The van der Waals surface area contributed by atoms with Gasteiger partial charge in [0, 0.05) is 27.3 Å². The lowest BCUT2D eigenvalue weighted by Gasteiger charge is -2.17. The van der Waals surface area contributed by atoms with Crippen LogP contribution in [0, 0.1) is 0 Å². The fourth-order valence-electron chi connectivity index (χ4n) is 3.87. The van der Waals surface area contributed by atoms with Crippen molar-refractivity contribution in [3.05, 3.63) is 82.3 Å². The summed E-state index contributed by atoms with van der Waals surface area (Å²) in [4.78, 5) is 0. The third-order valence-electron chi connectivity index (χ3n) is 5.13. The Morgan fingerprint density at radius 1 is 0.833 bits per heavy atom. The summed E-state index contributed by atoms with van der Waals surface area (Å²) in [5.74, 6) is 0. The van der Waals surface area contributed by atoms with Gasteiger partial charge in [-0.2, -0.15) is 0 Å². The molecular weight excluding hydrogens is 461 g/mol. The first-order valence-corrected chi connectivity index (χ1v) is 12.7. The van der Waals surface area contributed by atoms with E-state index in [-0.39, 0.29) is 6.16 Å². The van der Waals surface area contributed by atoms with Gasteiger partial charge in [-0.25, -0.2) is 0 Å². The lowest BCUT2D eigenvalue weighted by Crippen LogP contribution is -2.01. The first-order chi connectivity index (χ1) is 14.5. The van der Waals surface area contributed by atoms with Crippen molar-refractivity contribution in [2.75, 3.05) is 13.2 Å². The lowest BCUT2D eigenvalue weighted by molar-refractivity contribution is 0.219. The molecule has 0 atom stereocenters. The van der Waals surface area contributed by atoms with E-state index in [9.17, 15) is 4.57 Å². The van der Waals surface area contributed by atoms with Crippen molar-refractivity contribution in [3.63, 3.8) is 0 Å². The molecule has 0 amide bonds. The molecule has 1 heterocycles. The Morgan fingerprint density at radius 3 is 2.17 bits per heavy atom. The number of para-hydroxylation sites is 1. The van der Waals surface area contributed by atoms with Gasteiger partial charge in [0.2, 0.25) is 0 Å². The van der Waals surface area contributed by atoms with E-state index in [0.717, 1.165) is 16.6 Å². The minimum absolute atomic E-state index is 0.289. The van der Waals surface area contributed by atoms with Crippen molar-refractivity contribution in [1.29, 1.82) is 0 Å². The largest absolute Gasteiger partial charge is 0.336 e. The second-order valence-corrected chi connectivity index (χ2v) is 10.2. The molecule has 0 radical (unpaired) electrons. The second kappa shape index (κ2) is 9.07. The number of nitrogens with zero attached hydrogens (tertiary/aromatic N) is 1. The van der Waals surface area contributed by atoms with Crippen LogP contribution in [0.2, 0.25) is 0 Å². The Labute approximate surface area is 185 Å². The molecule has 0 fully saturated rings. The first-order valence-electron chi connectivity index (χ1n) is 10.2. The Bertz CT molecular complexity index is 1210. The molecule has 6 heteroatoms. The van der Waals surface area contributed by atoms with Crippen LogP contribution >= 0.6 is 23.5 Å². The van der Waals surface area contributed by atoms with Crippen molar-refractivity contribution < 1.29 is 13.6 Å². The number of hydrogen-bond donors (Lipinski definition) is 0. The van der Waals surface area contributed by atoms with Gasteiger partial charge in [0.15, 0.2) is 0 Å². The SMILES string of the molecule is CCOP(=O)(Cc1ccc(Cn2c3ccccc3c3ccc(Br)cc32)cc1)OCC. The molecule has 3 aromatic carbocycles. The highest BCUT2D eigenvalue weighted by atomic mass is 79.9. The van der Waals surface area contributed by atoms with Crippen molar-refractivity contribution >= 4 is 45.3 Å². The molecule has 30 heavy (non-hydrogen) atoms. The van der Waals surface area contributed by atoms with Crippen molar-refractivity contribution in [2.24, 2.45) is 0 Å². The predicted molar refractivity (Wildman–Crippen MR) is 127 cm³/mol. The maximum Gasteiger partial charge on any atom is 0.335 e.